The standard InChI is InChI=1S/C2H6NOPS/c4-1-2(6)3-5/h1-3,6H,5H2. The average Bonchev–Trinajstić information content (AvgIpc) is 1.65. The zero-order valence-corrected chi connectivity index (χ0v) is 5.14. The van der Waals surface area contributed by atoms with Crippen LogP contribution in [0.25, 0.3) is 0 Å². The fourth-order valence-electron chi connectivity index (χ4n) is 0.0393. The molecule has 0 aromatic carbocycles. The van der Waals surface area contributed by atoms with Gasteiger partial charge in [0.25, 0.3) is 0 Å². The highest BCUT2D eigenvalue weighted by atomic mass is 32.1. The first-order valence-electron chi connectivity index (χ1n) is 1.40. The van der Waals surface area contributed by atoms with Gasteiger partial charge in [-0.15, -0.1) is 0 Å². The Morgan fingerprint density at radius 3 is 2.50 bits per heavy atom. The van der Waals surface area contributed by atoms with Gasteiger partial charge < -0.3 is 4.79 Å². The van der Waals surface area contributed by atoms with Gasteiger partial charge in [0, 0.05) is 0 Å². The van der Waals surface area contributed by atoms with Gasteiger partial charge >= 0.3 is 0 Å². The van der Waals surface area contributed by atoms with Gasteiger partial charge in [-0.3, -0.25) is 5.09 Å². The van der Waals surface area contributed by atoms with E-state index in [0.29, 0.717) is 6.29 Å². The number of rotatable bonds is 2. The molecule has 0 radical (unpaired) electrons. The SMILES string of the molecule is O=CC(S)NP. The second-order valence-electron chi connectivity index (χ2n) is 0.748. The number of thiol groups is 1. The molecular formula is C2H6NOPS. The molecule has 2 nitrogen and oxygen atoms in total. The van der Waals surface area contributed by atoms with Crippen molar-refractivity contribution in [2.75, 3.05) is 0 Å². The lowest BCUT2D eigenvalue weighted by atomic mass is 10.8. The minimum Gasteiger partial charge on any atom is -0.301 e. The van der Waals surface area contributed by atoms with E-state index in [0.717, 1.165) is 0 Å². The molecule has 4 heteroatoms. The van der Waals surface area contributed by atoms with Crippen LogP contribution in [0.15, 0.2) is 0 Å². The lowest BCUT2D eigenvalue weighted by Crippen LogP contribution is -2.12. The molecule has 0 amide bonds. The summed E-state index contributed by atoms with van der Waals surface area (Å²) in [5, 5.41) is 2.19. The normalized spacial score (nSPS) is 13.7. The second-order valence-corrected chi connectivity index (χ2v) is 1.64. The van der Waals surface area contributed by atoms with E-state index in [9.17, 15) is 4.79 Å². The minimum absolute atomic E-state index is 0.338. The Hall–Kier alpha value is 0.410. The van der Waals surface area contributed by atoms with Crippen LogP contribution in [0.2, 0.25) is 0 Å². The summed E-state index contributed by atoms with van der Waals surface area (Å²) in [5.41, 5.74) is 0. The van der Waals surface area contributed by atoms with Gasteiger partial charge in [-0.2, -0.15) is 12.6 Å². The van der Waals surface area contributed by atoms with E-state index in [1.807, 2.05) is 0 Å². The molecule has 36 valence electrons. The fourth-order valence-corrected chi connectivity index (χ4v) is 0.118. The van der Waals surface area contributed by atoms with Crippen molar-refractivity contribution in [3.8, 4) is 0 Å². The molecule has 2 unspecified atom stereocenters. The highest BCUT2D eigenvalue weighted by Gasteiger charge is 1.88. The molecule has 0 aromatic rings. The van der Waals surface area contributed by atoms with Crippen molar-refractivity contribution in [3.05, 3.63) is 0 Å². The van der Waals surface area contributed by atoms with Gasteiger partial charge in [-0.1, -0.05) is 9.39 Å². The molecular weight excluding hydrogens is 117 g/mol. The topological polar surface area (TPSA) is 29.1 Å². The number of nitrogens with one attached hydrogen (secondary N) is 1. The van der Waals surface area contributed by atoms with E-state index in [-0.39, 0.29) is 5.37 Å². The summed E-state index contributed by atoms with van der Waals surface area (Å²) in [5.74, 6) is 0. The molecule has 0 spiro atoms. The van der Waals surface area contributed by atoms with Gasteiger partial charge in [-0.25, -0.2) is 0 Å². The van der Waals surface area contributed by atoms with Crippen LogP contribution < -0.4 is 5.09 Å². The van der Waals surface area contributed by atoms with Gasteiger partial charge in [0.05, 0.1) is 0 Å². The largest absolute Gasteiger partial charge is 0.301 e. The molecule has 0 aliphatic rings. The first kappa shape index (κ1) is 6.41. The number of aldehydes is 1. The first-order chi connectivity index (χ1) is 2.81. The van der Waals surface area contributed by atoms with Crippen LogP contribution >= 0.6 is 22.0 Å². The average molecular weight is 123 g/mol. The van der Waals surface area contributed by atoms with Crippen LogP contribution in [-0.4, -0.2) is 11.7 Å². The van der Waals surface area contributed by atoms with E-state index in [1.165, 1.54) is 0 Å². The Balaban J connectivity index is 2.96. The van der Waals surface area contributed by atoms with Crippen LogP contribution in [-0.2, 0) is 4.79 Å². The number of carbonyl (C=O) groups is 1. The first-order valence-corrected chi connectivity index (χ1v) is 2.50. The van der Waals surface area contributed by atoms with Crippen molar-refractivity contribution in [2.45, 2.75) is 5.37 Å². The molecule has 0 aliphatic carbocycles. The van der Waals surface area contributed by atoms with Crippen molar-refractivity contribution in [3.63, 3.8) is 0 Å². The molecule has 0 saturated heterocycles. The third kappa shape index (κ3) is 2.64. The smallest absolute Gasteiger partial charge is 0.147 e. The number of hydrogen-bond acceptors (Lipinski definition) is 3. The summed E-state index contributed by atoms with van der Waals surface area (Å²) in [6, 6.07) is 0. The lowest BCUT2D eigenvalue weighted by molar-refractivity contribution is -0.107. The van der Waals surface area contributed by atoms with Crippen LogP contribution in [0.3, 0.4) is 0 Å². The minimum atomic E-state index is -0.338. The predicted molar refractivity (Wildman–Crippen MR) is 31.7 cm³/mol. The fraction of sp³-hybridized carbons (Fsp3) is 0.500. The van der Waals surface area contributed by atoms with E-state index in [2.05, 4.69) is 27.1 Å². The maximum atomic E-state index is 9.58. The molecule has 0 bridgehead atoms. The van der Waals surface area contributed by atoms with Crippen molar-refractivity contribution >= 4 is 28.3 Å². The molecule has 0 heterocycles. The summed E-state index contributed by atoms with van der Waals surface area (Å²) in [6.45, 7) is 0. The third-order valence-electron chi connectivity index (χ3n) is 0.300. The Labute approximate surface area is 44.4 Å². The zero-order chi connectivity index (χ0) is 4.99. The maximum absolute atomic E-state index is 9.58. The van der Waals surface area contributed by atoms with Crippen molar-refractivity contribution in [1.82, 2.24) is 5.09 Å². The molecule has 6 heavy (non-hydrogen) atoms. The summed E-state index contributed by atoms with van der Waals surface area (Å²) >= 11 is 3.73. The highest BCUT2D eigenvalue weighted by molar-refractivity contribution is 7.81. The van der Waals surface area contributed by atoms with E-state index < -0.39 is 0 Å². The Morgan fingerprint density at radius 1 is 2.00 bits per heavy atom. The van der Waals surface area contributed by atoms with Crippen LogP contribution in [0.5, 0.6) is 0 Å². The molecule has 2 atom stereocenters. The lowest BCUT2D eigenvalue weighted by Gasteiger charge is -1.93. The van der Waals surface area contributed by atoms with Gasteiger partial charge in [0.2, 0.25) is 0 Å². The Kier molecular flexibility index (Phi) is 3.84. The predicted octanol–water partition coefficient (Wildman–Crippen LogP) is -0.179. The van der Waals surface area contributed by atoms with Crippen LogP contribution in [0.4, 0.5) is 0 Å². The van der Waals surface area contributed by atoms with Crippen molar-refractivity contribution in [1.29, 1.82) is 0 Å². The molecule has 1 N–H and O–H groups in total. The van der Waals surface area contributed by atoms with E-state index >= 15 is 0 Å². The highest BCUT2D eigenvalue weighted by Crippen LogP contribution is 1.84. The summed E-state index contributed by atoms with van der Waals surface area (Å²) < 4.78 is 0. The molecule has 0 fully saturated rings. The molecule has 0 rings (SSSR count). The summed E-state index contributed by atoms with van der Waals surface area (Å²) in [6.07, 6.45) is 0.704. The number of hydrogen-bond donors (Lipinski definition) is 2. The maximum Gasteiger partial charge on any atom is 0.147 e. The van der Waals surface area contributed by atoms with E-state index in [4.69, 9.17) is 0 Å². The van der Waals surface area contributed by atoms with Crippen molar-refractivity contribution in [2.24, 2.45) is 0 Å². The summed E-state index contributed by atoms with van der Waals surface area (Å²) in [7, 11) is 2.18. The van der Waals surface area contributed by atoms with E-state index in [1.54, 1.807) is 0 Å². The summed E-state index contributed by atoms with van der Waals surface area (Å²) in [4.78, 5) is 9.58. The molecule has 0 aliphatic heterocycles. The third-order valence-corrected chi connectivity index (χ3v) is 1.21. The van der Waals surface area contributed by atoms with Gasteiger partial charge in [-0.05, 0) is 0 Å². The zero-order valence-electron chi connectivity index (χ0n) is 3.09. The Morgan fingerprint density at radius 2 is 2.50 bits per heavy atom. The van der Waals surface area contributed by atoms with Crippen molar-refractivity contribution < 1.29 is 4.79 Å². The van der Waals surface area contributed by atoms with Crippen LogP contribution in [0.1, 0.15) is 0 Å². The quantitative estimate of drug-likeness (QED) is 0.231. The monoisotopic (exact) mass is 123 g/mol. The second kappa shape index (κ2) is 3.59. The number of carbonyl (C=O) groups excluding carboxylic acids is 1. The van der Waals surface area contributed by atoms with Gasteiger partial charge in [0.1, 0.15) is 11.7 Å². The van der Waals surface area contributed by atoms with Crippen LogP contribution in [0, 0.1) is 0 Å². The molecule has 0 saturated carbocycles. The van der Waals surface area contributed by atoms with Gasteiger partial charge in [0.15, 0.2) is 0 Å². The molecule has 0 aromatic heterocycles. The Bertz CT molecular complexity index is 50.8.